The molecule has 1 aliphatic rings. The van der Waals surface area contributed by atoms with E-state index >= 15 is 0 Å². The molecule has 4 nitrogen and oxygen atoms in total. The van der Waals surface area contributed by atoms with Gasteiger partial charge in [-0.1, -0.05) is 31.0 Å². The van der Waals surface area contributed by atoms with Crippen LogP contribution in [0.2, 0.25) is 5.02 Å². The monoisotopic (exact) mass is 338 g/mol. The van der Waals surface area contributed by atoms with Gasteiger partial charge in [0.1, 0.15) is 0 Å². The van der Waals surface area contributed by atoms with E-state index in [2.05, 4.69) is 37.1 Å². The maximum Gasteiger partial charge on any atom is 0.275 e. The Morgan fingerprint density at radius 1 is 1.39 bits per heavy atom. The average molecular weight is 339 g/mol. The molecule has 1 aliphatic heterocycles. The largest absolute Gasteiger partial charge is 0.360 e. The smallest absolute Gasteiger partial charge is 0.275 e. The number of anilines is 1. The molecule has 23 heavy (non-hydrogen) atoms. The Bertz CT molecular complexity index is 527. The summed E-state index contributed by atoms with van der Waals surface area (Å²) in [4.78, 5) is 15.8. The van der Waals surface area contributed by atoms with Crippen LogP contribution in [0.15, 0.2) is 18.2 Å². The van der Waals surface area contributed by atoms with E-state index in [-0.39, 0.29) is 11.9 Å². The minimum atomic E-state index is 0.174. The number of benzene rings is 1. The highest BCUT2D eigenvalue weighted by atomic mass is 35.5. The number of piperazine rings is 1. The highest BCUT2D eigenvalue weighted by molar-refractivity contribution is 6.30. The van der Waals surface area contributed by atoms with Crippen LogP contribution in [0.4, 0.5) is 5.69 Å². The molecule has 1 aromatic rings. The zero-order valence-electron chi connectivity index (χ0n) is 14.5. The molecule has 0 aliphatic carbocycles. The SMILES string of the molecule is CCC[C@H](C)NC(=O)C[NH+]1CCN(c2cc(Cl)ccc2C)CC1. The van der Waals surface area contributed by atoms with Crippen LogP contribution in [-0.4, -0.2) is 44.7 Å². The van der Waals surface area contributed by atoms with Crippen LogP contribution in [0.25, 0.3) is 0 Å². The van der Waals surface area contributed by atoms with Crippen molar-refractivity contribution in [1.29, 1.82) is 0 Å². The molecule has 0 spiro atoms. The third-order valence-corrected chi connectivity index (χ3v) is 4.76. The van der Waals surface area contributed by atoms with Gasteiger partial charge >= 0.3 is 0 Å². The molecule has 128 valence electrons. The number of nitrogens with zero attached hydrogens (tertiary/aromatic N) is 1. The van der Waals surface area contributed by atoms with Crippen LogP contribution in [0.3, 0.4) is 0 Å². The maximum absolute atomic E-state index is 12.1. The molecule has 0 saturated carbocycles. The van der Waals surface area contributed by atoms with Gasteiger partial charge in [0.2, 0.25) is 0 Å². The number of carbonyl (C=O) groups excluding carboxylic acids is 1. The van der Waals surface area contributed by atoms with E-state index in [1.165, 1.54) is 16.2 Å². The van der Waals surface area contributed by atoms with Crippen molar-refractivity contribution in [2.45, 2.75) is 39.7 Å². The number of hydrogen-bond donors (Lipinski definition) is 2. The number of amides is 1. The highest BCUT2D eigenvalue weighted by Gasteiger charge is 2.23. The average Bonchev–Trinajstić information content (AvgIpc) is 2.50. The molecule has 1 saturated heterocycles. The van der Waals surface area contributed by atoms with Crippen molar-refractivity contribution in [3.05, 3.63) is 28.8 Å². The quantitative estimate of drug-likeness (QED) is 0.827. The number of nitrogens with one attached hydrogen (secondary N) is 2. The van der Waals surface area contributed by atoms with Crippen LogP contribution in [0, 0.1) is 6.92 Å². The summed E-state index contributed by atoms with van der Waals surface area (Å²) in [6.45, 7) is 10.8. The molecule has 0 radical (unpaired) electrons. The van der Waals surface area contributed by atoms with Crippen LogP contribution in [-0.2, 0) is 4.79 Å². The van der Waals surface area contributed by atoms with Crippen molar-refractivity contribution in [3.8, 4) is 0 Å². The molecule has 1 atom stereocenters. The summed E-state index contributed by atoms with van der Waals surface area (Å²) in [5.74, 6) is 0.174. The minimum Gasteiger partial charge on any atom is -0.360 e. The van der Waals surface area contributed by atoms with Gasteiger partial charge in [0.25, 0.3) is 5.91 Å². The summed E-state index contributed by atoms with van der Waals surface area (Å²) in [7, 11) is 0. The van der Waals surface area contributed by atoms with E-state index in [0.29, 0.717) is 6.54 Å². The van der Waals surface area contributed by atoms with Crippen molar-refractivity contribution in [2.75, 3.05) is 37.6 Å². The Morgan fingerprint density at radius 3 is 2.74 bits per heavy atom. The van der Waals surface area contributed by atoms with Crippen molar-refractivity contribution in [2.24, 2.45) is 0 Å². The van der Waals surface area contributed by atoms with E-state index in [1.807, 2.05) is 12.1 Å². The van der Waals surface area contributed by atoms with Crippen LogP contribution < -0.4 is 15.1 Å². The fourth-order valence-corrected chi connectivity index (χ4v) is 3.39. The van der Waals surface area contributed by atoms with Crippen LogP contribution in [0.1, 0.15) is 32.3 Å². The van der Waals surface area contributed by atoms with Gasteiger partial charge in [0.05, 0.1) is 26.2 Å². The number of carbonyl (C=O) groups is 1. The van der Waals surface area contributed by atoms with Gasteiger partial charge in [-0.25, -0.2) is 0 Å². The maximum atomic E-state index is 12.1. The van der Waals surface area contributed by atoms with Gasteiger partial charge in [0.15, 0.2) is 6.54 Å². The van der Waals surface area contributed by atoms with Crippen LogP contribution in [0.5, 0.6) is 0 Å². The molecule has 2 N–H and O–H groups in total. The standard InChI is InChI=1S/C18H28ClN3O/c1-4-5-15(3)20-18(23)13-21-8-10-22(11-9-21)17-12-16(19)7-6-14(17)2/h6-7,12,15H,4-5,8-11,13H2,1-3H3,(H,20,23)/p+1/t15-/m0/s1. The number of rotatable bonds is 6. The third kappa shape index (κ3) is 5.40. The molecular formula is C18H29ClN3O+. The predicted octanol–water partition coefficient (Wildman–Crippen LogP) is 1.66. The number of quaternary nitrogens is 1. The first-order valence-electron chi connectivity index (χ1n) is 8.63. The molecule has 0 aromatic heterocycles. The number of halogens is 1. The topological polar surface area (TPSA) is 36.8 Å². The van der Waals surface area contributed by atoms with E-state index in [0.717, 1.165) is 44.0 Å². The van der Waals surface area contributed by atoms with E-state index in [9.17, 15) is 4.79 Å². The first kappa shape index (κ1) is 18.1. The first-order valence-corrected chi connectivity index (χ1v) is 9.01. The summed E-state index contributed by atoms with van der Waals surface area (Å²) in [6, 6.07) is 6.33. The molecule has 5 heteroatoms. The predicted molar refractivity (Wildman–Crippen MR) is 96.5 cm³/mol. The fraction of sp³-hybridized carbons (Fsp3) is 0.611. The van der Waals surface area contributed by atoms with Crippen molar-refractivity contribution in [3.63, 3.8) is 0 Å². The van der Waals surface area contributed by atoms with Gasteiger partial charge in [-0.3, -0.25) is 4.79 Å². The van der Waals surface area contributed by atoms with Crippen LogP contribution >= 0.6 is 11.6 Å². The lowest BCUT2D eigenvalue weighted by Gasteiger charge is -2.34. The second-order valence-corrected chi connectivity index (χ2v) is 7.04. The molecule has 2 rings (SSSR count). The molecule has 1 aromatic carbocycles. The van der Waals surface area contributed by atoms with Gasteiger partial charge < -0.3 is 15.1 Å². The second kappa shape index (κ2) is 8.55. The van der Waals surface area contributed by atoms with E-state index in [1.54, 1.807) is 0 Å². The van der Waals surface area contributed by atoms with Gasteiger partial charge in [-0.15, -0.1) is 0 Å². The Labute approximate surface area is 144 Å². The van der Waals surface area contributed by atoms with Gasteiger partial charge in [0, 0.05) is 16.8 Å². The lowest BCUT2D eigenvalue weighted by molar-refractivity contribution is -0.892. The van der Waals surface area contributed by atoms with E-state index < -0.39 is 0 Å². The van der Waals surface area contributed by atoms with Crippen molar-refractivity contribution < 1.29 is 9.69 Å². The summed E-state index contributed by atoms with van der Waals surface area (Å²) in [5, 5.41) is 3.88. The fourth-order valence-electron chi connectivity index (χ4n) is 3.22. The number of hydrogen-bond acceptors (Lipinski definition) is 2. The second-order valence-electron chi connectivity index (χ2n) is 6.60. The molecule has 0 bridgehead atoms. The van der Waals surface area contributed by atoms with Gasteiger partial charge in [-0.2, -0.15) is 0 Å². The Kier molecular flexibility index (Phi) is 6.72. The first-order chi connectivity index (χ1) is 11.0. The number of aryl methyl sites for hydroxylation is 1. The van der Waals surface area contributed by atoms with Gasteiger partial charge in [-0.05, 0) is 38.0 Å². The summed E-state index contributed by atoms with van der Waals surface area (Å²) >= 11 is 6.12. The zero-order valence-corrected chi connectivity index (χ0v) is 15.2. The molecule has 1 fully saturated rings. The highest BCUT2D eigenvalue weighted by Crippen LogP contribution is 2.24. The zero-order chi connectivity index (χ0) is 16.8. The van der Waals surface area contributed by atoms with E-state index in [4.69, 9.17) is 11.6 Å². The normalized spacial score (nSPS) is 17.1. The molecular weight excluding hydrogens is 310 g/mol. The lowest BCUT2D eigenvalue weighted by Crippen LogP contribution is -3.16. The third-order valence-electron chi connectivity index (χ3n) is 4.52. The molecule has 1 amide bonds. The Hall–Kier alpha value is -1.26. The minimum absolute atomic E-state index is 0.174. The Balaban J connectivity index is 1.82. The Morgan fingerprint density at radius 2 is 2.09 bits per heavy atom. The summed E-state index contributed by atoms with van der Waals surface area (Å²) in [6.07, 6.45) is 2.15. The van der Waals surface area contributed by atoms with Crippen molar-refractivity contribution >= 4 is 23.2 Å². The summed E-state index contributed by atoms with van der Waals surface area (Å²) < 4.78 is 0. The molecule has 0 unspecified atom stereocenters. The lowest BCUT2D eigenvalue weighted by atomic mass is 10.1. The molecule has 1 heterocycles. The summed E-state index contributed by atoms with van der Waals surface area (Å²) in [5.41, 5.74) is 2.47. The van der Waals surface area contributed by atoms with Crippen molar-refractivity contribution in [1.82, 2.24) is 5.32 Å².